The van der Waals surface area contributed by atoms with Gasteiger partial charge in [-0.15, -0.1) is 0 Å². The molecule has 0 aromatic carbocycles. The van der Waals surface area contributed by atoms with Crippen molar-refractivity contribution in [1.82, 2.24) is 9.97 Å². The third kappa shape index (κ3) is 2.87. The SMILES string of the molecule is COC1(C)CCCN(c2cc(Cl)nc(C)n2)C1. The molecule has 0 amide bonds. The lowest BCUT2D eigenvalue weighted by Crippen LogP contribution is -2.47. The van der Waals surface area contributed by atoms with Gasteiger partial charge in [-0.3, -0.25) is 0 Å². The summed E-state index contributed by atoms with van der Waals surface area (Å²) in [5.74, 6) is 1.60. The molecule has 1 aromatic rings. The van der Waals surface area contributed by atoms with Crippen molar-refractivity contribution in [3.8, 4) is 0 Å². The first kappa shape index (κ1) is 12.6. The van der Waals surface area contributed by atoms with Crippen LogP contribution in [-0.4, -0.2) is 35.8 Å². The van der Waals surface area contributed by atoms with Crippen molar-refractivity contribution in [2.45, 2.75) is 32.3 Å². The molecule has 2 heterocycles. The molecule has 0 N–H and O–H groups in total. The minimum Gasteiger partial charge on any atom is -0.377 e. The van der Waals surface area contributed by atoms with Gasteiger partial charge in [-0.2, -0.15) is 0 Å². The van der Waals surface area contributed by atoms with Crippen molar-refractivity contribution in [2.75, 3.05) is 25.1 Å². The molecule has 1 aromatic heterocycles. The maximum absolute atomic E-state index is 5.97. The summed E-state index contributed by atoms with van der Waals surface area (Å²) in [7, 11) is 1.77. The van der Waals surface area contributed by atoms with Gasteiger partial charge in [-0.05, 0) is 26.7 Å². The summed E-state index contributed by atoms with van der Waals surface area (Å²) in [6.45, 7) is 5.83. The summed E-state index contributed by atoms with van der Waals surface area (Å²) >= 11 is 5.97. The first-order chi connectivity index (χ1) is 8.02. The second-order valence-electron chi connectivity index (χ2n) is 4.78. The molecule has 0 radical (unpaired) electrons. The number of anilines is 1. The van der Waals surface area contributed by atoms with Crippen LogP contribution < -0.4 is 4.90 Å². The van der Waals surface area contributed by atoms with Gasteiger partial charge in [0.25, 0.3) is 0 Å². The Labute approximate surface area is 107 Å². The van der Waals surface area contributed by atoms with Crippen LogP contribution in [0.15, 0.2) is 6.07 Å². The van der Waals surface area contributed by atoms with Crippen LogP contribution >= 0.6 is 11.6 Å². The highest BCUT2D eigenvalue weighted by atomic mass is 35.5. The molecular formula is C12H18ClN3O. The highest BCUT2D eigenvalue weighted by Crippen LogP contribution is 2.27. The Balaban J connectivity index is 2.21. The highest BCUT2D eigenvalue weighted by molar-refractivity contribution is 6.29. The molecule has 1 aliphatic rings. The molecule has 1 fully saturated rings. The molecule has 2 rings (SSSR count). The van der Waals surface area contributed by atoms with Gasteiger partial charge in [0.15, 0.2) is 0 Å². The number of aryl methyl sites for hydroxylation is 1. The first-order valence-electron chi connectivity index (χ1n) is 5.84. The van der Waals surface area contributed by atoms with Crippen molar-refractivity contribution in [3.05, 3.63) is 17.0 Å². The standard InChI is InChI=1S/C12H18ClN3O/c1-9-14-10(13)7-11(15-9)16-6-4-5-12(2,8-16)17-3/h7H,4-6,8H2,1-3H3. The van der Waals surface area contributed by atoms with E-state index in [2.05, 4.69) is 21.8 Å². The molecule has 94 valence electrons. The summed E-state index contributed by atoms with van der Waals surface area (Å²) in [6.07, 6.45) is 2.18. The molecule has 1 atom stereocenters. The predicted molar refractivity (Wildman–Crippen MR) is 68.6 cm³/mol. The lowest BCUT2D eigenvalue weighted by molar-refractivity contribution is -0.00482. The van der Waals surface area contributed by atoms with Crippen molar-refractivity contribution in [1.29, 1.82) is 0 Å². The van der Waals surface area contributed by atoms with E-state index in [4.69, 9.17) is 16.3 Å². The normalized spacial score (nSPS) is 25.1. The fourth-order valence-electron chi connectivity index (χ4n) is 2.25. The number of ether oxygens (including phenoxy) is 1. The summed E-state index contributed by atoms with van der Waals surface area (Å²) in [5.41, 5.74) is -0.0937. The van der Waals surface area contributed by atoms with Gasteiger partial charge in [0.1, 0.15) is 16.8 Å². The Morgan fingerprint density at radius 1 is 1.47 bits per heavy atom. The molecule has 1 saturated heterocycles. The molecule has 1 aliphatic heterocycles. The number of nitrogens with zero attached hydrogens (tertiary/aromatic N) is 3. The van der Waals surface area contributed by atoms with Crippen molar-refractivity contribution in [2.24, 2.45) is 0 Å². The van der Waals surface area contributed by atoms with E-state index in [9.17, 15) is 0 Å². The second-order valence-corrected chi connectivity index (χ2v) is 5.16. The Kier molecular flexibility index (Phi) is 3.54. The Morgan fingerprint density at radius 2 is 2.24 bits per heavy atom. The Bertz CT molecular complexity index is 392. The molecule has 5 heteroatoms. The molecule has 0 bridgehead atoms. The van der Waals surface area contributed by atoms with Crippen LogP contribution in [0.5, 0.6) is 0 Å². The minimum absolute atomic E-state index is 0.0937. The lowest BCUT2D eigenvalue weighted by atomic mass is 9.95. The van der Waals surface area contributed by atoms with E-state index in [0.29, 0.717) is 11.0 Å². The average Bonchev–Trinajstić information content (AvgIpc) is 2.28. The van der Waals surface area contributed by atoms with Crippen molar-refractivity contribution in [3.63, 3.8) is 0 Å². The van der Waals surface area contributed by atoms with E-state index in [1.165, 1.54) is 0 Å². The first-order valence-corrected chi connectivity index (χ1v) is 6.21. The van der Waals surface area contributed by atoms with Crippen LogP contribution in [0.4, 0.5) is 5.82 Å². The number of halogens is 1. The van der Waals surface area contributed by atoms with Crippen molar-refractivity contribution < 1.29 is 4.74 Å². The Hall–Kier alpha value is -0.870. The van der Waals surface area contributed by atoms with Crippen LogP contribution in [0.25, 0.3) is 0 Å². The highest BCUT2D eigenvalue weighted by Gasteiger charge is 2.31. The van der Waals surface area contributed by atoms with Gasteiger partial charge in [0.2, 0.25) is 0 Å². The van der Waals surface area contributed by atoms with Crippen molar-refractivity contribution >= 4 is 17.4 Å². The molecule has 1 unspecified atom stereocenters. The van der Waals surface area contributed by atoms with E-state index in [1.54, 1.807) is 7.11 Å². The Morgan fingerprint density at radius 3 is 2.88 bits per heavy atom. The average molecular weight is 256 g/mol. The molecule has 0 spiro atoms. The zero-order valence-corrected chi connectivity index (χ0v) is 11.3. The maximum Gasteiger partial charge on any atom is 0.134 e. The lowest BCUT2D eigenvalue weighted by Gasteiger charge is -2.40. The number of piperidine rings is 1. The van der Waals surface area contributed by atoms with Gasteiger partial charge in [0, 0.05) is 26.3 Å². The summed E-state index contributed by atoms with van der Waals surface area (Å²) in [4.78, 5) is 10.7. The predicted octanol–water partition coefficient (Wildman–Crippen LogP) is 2.44. The van der Waals surface area contributed by atoms with E-state index in [-0.39, 0.29) is 5.60 Å². The molecule has 0 saturated carbocycles. The zero-order valence-electron chi connectivity index (χ0n) is 10.5. The fraction of sp³-hybridized carbons (Fsp3) is 0.667. The quantitative estimate of drug-likeness (QED) is 0.761. The molecule has 4 nitrogen and oxygen atoms in total. The molecule has 17 heavy (non-hydrogen) atoms. The number of rotatable bonds is 2. The van der Waals surface area contributed by atoms with Gasteiger partial charge in [-0.25, -0.2) is 9.97 Å². The summed E-state index contributed by atoms with van der Waals surface area (Å²) in [6, 6.07) is 1.82. The van der Waals surface area contributed by atoms with Gasteiger partial charge < -0.3 is 9.64 Å². The second kappa shape index (κ2) is 4.78. The van der Waals surface area contributed by atoms with E-state index in [0.717, 1.165) is 31.7 Å². The van der Waals surface area contributed by atoms with Crippen LogP contribution in [0.2, 0.25) is 5.15 Å². The third-order valence-corrected chi connectivity index (χ3v) is 3.46. The topological polar surface area (TPSA) is 38.2 Å². The van der Waals surface area contributed by atoms with Crippen LogP contribution in [0, 0.1) is 6.92 Å². The summed E-state index contributed by atoms with van der Waals surface area (Å²) in [5, 5.41) is 0.497. The smallest absolute Gasteiger partial charge is 0.134 e. The number of aromatic nitrogens is 2. The number of hydrogen-bond acceptors (Lipinski definition) is 4. The van der Waals surface area contributed by atoms with Gasteiger partial charge in [-0.1, -0.05) is 11.6 Å². The van der Waals surface area contributed by atoms with Crippen LogP contribution in [0.1, 0.15) is 25.6 Å². The van der Waals surface area contributed by atoms with Gasteiger partial charge in [0.05, 0.1) is 5.60 Å². The van der Waals surface area contributed by atoms with E-state index < -0.39 is 0 Å². The monoisotopic (exact) mass is 255 g/mol. The molecule has 0 aliphatic carbocycles. The molecular weight excluding hydrogens is 238 g/mol. The fourth-order valence-corrected chi connectivity index (χ4v) is 2.47. The number of methoxy groups -OCH3 is 1. The minimum atomic E-state index is -0.0937. The van der Waals surface area contributed by atoms with Crippen LogP contribution in [-0.2, 0) is 4.74 Å². The third-order valence-electron chi connectivity index (χ3n) is 3.27. The largest absolute Gasteiger partial charge is 0.377 e. The zero-order chi connectivity index (χ0) is 12.5. The van der Waals surface area contributed by atoms with E-state index in [1.807, 2.05) is 13.0 Å². The van der Waals surface area contributed by atoms with E-state index >= 15 is 0 Å². The van der Waals surface area contributed by atoms with Crippen LogP contribution in [0.3, 0.4) is 0 Å². The van der Waals surface area contributed by atoms with Gasteiger partial charge >= 0.3 is 0 Å². The number of hydrogen-bond donors (Lipinski definition) is 0. The maximum atomic E-state index is 5.97. The summed E-state index contributed by atoms with van der Waals surface area (Å²) < 4.78 is 5.57.